The third kappa shape index (κ3) is 18.8. The number of aliphatic hydroxyl groups excluding tert-OH is 2. The van der Waals surface area contributed by atoms with E-state index in [4.69, 9.17) is 140 Å². The van der Waals surface area contributed by atoms with Gasteiger partial charge in [-0.2, -0.15) is 15.3 Å². The molecule has 12 aromatic rings. The van der Waals surface area contributed by atoms with Gasteiger partial charge < -0.3 is 117 Å². The average Bonchev–Trinajstić information content (AvgIpc) is 1.59. The van der Waals surface area contributed by atoms with E-state index in [0.29, 0.717) is 67.8 Å². The van der Waals surface area contributed by atoms with Gasteiger partial charge in [-0.15, -0.1) is 0 Å². The molecule has 9 fully saturated rings. The SMILES string of the molecule is [B]P1(=O)OC[C@H]2O[C@@H](n3cnc4c(=O)[nH]ncc43)C(F)[C@H]2OP([B])(=O)OC[C@H]2O[C@@H](n3cc4c5c(ccnc53)NC(=O)CC4)[C@@H](F)C2O1.[B]P1(=O)OC[C@H]2O[C@@H](n3cnc4c(=O)[nH]ncc43)C(F)[C@H]2OP([B])(=O)OC[C@H]2O[C@@H](n3cc4c5c(ccnc53)NC(=O)CC4)[C@@H](O)C2O1.[B]P1(=O)OC[C@H]2O[C@@H](n3cnc4c(=O)[nH]ncc43)C(O)[C@H]2OP([B])(=O)OC[C@H]2O[C@@H](n3cnc4cc(Cl)c(C)cc43)[C@@H](F)C2O1. The fourth-order valence-corrected chi connectivity index (χ4v) is 24.6. The number of hydrogen-bond donors (Lipinski definition) is 7. The lowest BCUT2D eigenvalue weighted by molar-refractivity contribution is -0.116. The molecule has 11 aromatic heterocycles. The second-order valence-electron chi connectivity index (χ2n) is 33.9. The predicted octanol–water partition coefficient (Wildman–Crippen LogP) is 4.81. The molecule has 730 valence electrons. The first kappa shape index (κ1) is 98.1. The van der Waals surface area contributed by atoms with Gasteiger partial charge in [0.25, 0.3) is 61.5 Å². The number of amides is 2. The van der Waals surface area contributed by atoms with Crippen molar-refractivity contribution in [2.24, 2.45) is 0 Å². The largest absolute Gasteiger partial charge is 0.386 e. The summed E-state index contributed by atoms with van der Waals surface area (Å²) in [6.45, 7) is -2.37. The van der Waals surface area contributed by atoms with Crippen LogP contribution in [-0.2, 0) is 133 Å². The molecule has 11 aliphatic heterocycles. The molecular weight excluding hydrogens is 2020 g/mol. The summed E-state index contributed by atoms with van der Waals surface area (Å²) in [6, 6.07) is 6.57. The molecule has 9 saturated heterocycles. The molecule has 11 aliphatic rings. The normalized spacial score (nSPS) is 37.4. The summed E-state index contributed by atoms with van der Waals surface area (Å²) < 4.78 is 253. The van der Waals surface area contributed by atoms with Crippen molar-refractivity contribution in [3.63, 3.8) is 0 Å². The van der Waals surface area contributed by atoms with Crippen LogP contribution < -0.4 is 27.3 Å². The molecule has 51 nitrogen and oxygen atoms in total. The van der Waals surface area contributed by atoms with Crippen LogP contribution in [0.5, 0.6) is 0 Å². The van der Waals surface area contributed by atoms with Gasteiger partial charge in [0.05, 0.1) is 122 Å². The van der Waals surface area contributed by atoms with Gasteiger partial charge in [0.15, 0.2) is 78.6 Å². The number of pyridine rings is 2. The second-order valence-corrected chi connectivity index (χ2v) is 43.6. The monoisotopic (exact) mass is 2080 g/mol. The number of nitrogens with zero attached hydrogens (tertiary/aromatic N) is 15. The Kier molecular flexibility index (Phi) is 26.1. The topological polar surface area (TPSA) is 611 Å². The Labute approximate surface area is 798 Å². The molecule has 0 spiro atoms. The van der Waals surface area contributed by atoms with Gasteiger partial charge in [0, 0.05) is 53.4 Å². The van der Waals surface area contributed by atoms with Gasteiger partial charge in [-0.05, 0) is 60.7 Å². The predicted molar refractivity (Wildman–Crippen MR) is 477 cm³/mol. The van der Waals surface area contributed by atoms with Crippen LogP contribution in [0.4, 0.5) is 28.9 Å². The smallest absolute Gasteiger partial charge is 0.292 e. The van der Waals surface area contributed by atoms with Crippen LogP contribution in [0.2, 0.25) is 5.02 Å². The summed E-state index contributed by atoms with van der Waals surface area (Å²) in [5.74, 6) is -0.347. The van der Waals surface area contributed by atoms with Crippen molar-refractivity contribution in [2.45, 2.75) is 180 Å². The van der Waals surface area contributed by atoms with Crippen molar-refractivity contribution in [1.29, 1.82) is 0 Å². The zero-order valence-electron chi connectivity index (χ0n) is 72.1. The lowest BCUT2D eigenvalue weighted by Gasteiger charge is -2.30. The Morgan fingerprint density at radius 3 is 1.04 bits per heavy atom. The number of carbonyl (C=O) groups is 2. The number of hydrogen-bond acceptors (Lipinski definition) is 40. The zero-order chi connectivity index (χ0) is 98.9. The number of carbonyl (C=O) groups excluding carboxylic acids is 2. The fraction of sp³-hybridized carbons (Fsp3) is 0.479. The highest BCUT2D eigenvalue weighted by Crippen LogP contribution is 2.60. The molecule has 30 atom stereocenters. The molecule has 23 rings (SSSR count). The van der Waals surface area contributed by atoms with Gasteiger partial charge in [-0.1, -0.05) is 11.6 Å². The van der Waals surface area contributed by atoms with E-state index >= 15 is 17.6 Å². The van der Waals surface area contributed by atoms with Crippen molar-refractivity contribution in [1.82, 2.24) is 87.9 Å². The van der Waals surface area contributed by atoms with Crippen molar-refractivity contribution in [2.75, 3.05) is 50.3 Å². The van der Waals surface area contributed by atoms with Gasteiger partial charge >= 0.3 is 0 Å². The molecule has 68 heteroatoms. The number of H-pyrrole nitrogens is 3. The van der Waals surface area contributed by atoms with E-state index in [1.807, 2.05) is 0 Å². The first-order valence-electron chi connectivity index (χ1n) is 42.6. The molecule has 22 heterocycles. The number of aliphatic hydroxyl groups is 2. The maximum Gasteiger partial charge on any atom is 0.292 e. The van der Waals surface area contributed by atoms with Gasteiger partial charge in [-0.25, -0.2) is 62.8 Å². The summed E-state index contributed by atoms with van der Waals surface area (Å²) in [5, 5.41) is 47.8. The van der Waals surface area contributed by atoms with Crippen LogP contribution in [0.1, 0.15) is 66.9 Å². The minimum absolute atomic E-state index is 0.00444. The summed E-state index contributed by atoms with van der Waals surface area (Å²) in [7, 11) is 7.88. The first-order valence-corrected chi connectivity index (χ1v) is 52.7. The number of aromatic nitrogens is 18. The molecule has 0 aliphatic carbocycles. The number of aryl methyl sites for hydroxylation is 3. The minimum Gasteiger partial charge on any atom is -0.386 e. The lowest BCUT2D eigenvalue weighted by Crippen LogP contribution is -2.38. The second kappa shape index (κ2) is 37.5. The Hall–Kier alpha value is -8.96. The molecule has 12 unspecified atom stereocenters. The number of alkyl halides is 4. The molecule has 0 bridgehead atoms. The first-order chi connectivity index (χ1) is 67.1. The number of benzene rings is 1. The highest BCUT2D eigenvalue weighted by atomic mass is 35.5. The number of imidazole rings is 4. The minimum atomic E-state index is -4.63. The summed E-state index contributed by atoms with van der Waals surface area (Å²) in [4.78, 5) is 85.6. The molecule has 1 aromatic carbocycles. The average molecular weight is 2080 g/mol. The van der Waals surface area contributed by atoms with E-state index in [1.54, 1.807) is 43.6 Å². The Balaban J connectivity index is 0.000000125. The van der Waals surface area contributed by atoms with Gasteiger partial charge in [-0.3, -0.25) is 65.1 Å². The molecule has 7 N–H and O–H groups in total. The van der Waals surface area contributed by atoms with Gasteiger partial charge in [0.1, 0.15) is 96.7 Å². The Morgan fingerprint density at radius 1 is 0.390 bits per heavy atom. The number of halogens is 5. The zero-order valence-corrected chi connectivity index (χ0v) is 78.2. The number of rotatable bonds is 6. The van der Waals surface area contributed by atoms with E-state index in [0.717, 1.165) is 22.8 Å². The Bertz CT molecular complexity index is 7220. The van der Waals surface area contributed by atoms with Crippen LogP contribution in [0.15, 0.2) is 107 Å². The molecule has 2 amide bonds. The quantitative estimate of drug-likeness (QED) is 0.0667. The third-order valence-corrected chi connectivity index (χ3v) is 31.6. The maximum atomic E-state index is 16.3. The number of fused-ring (bicyclic) bond motifs is 10. The molecule has 0 saturated carbocycles. The van der Waals surface area contributed by atoms with Crippen molar-refractivity contribution >= 4 is 191 Å². The van der Waals surface area contributed by atoms with E-state index in [1.165, 1.54) is 66.5 Å². The van der Waals surface area contributed by atoms with Gasteiger partial charge in [0.2, 0.25) is 57.2 Å². The van der Waals surface area contributed by atoms with Crippen molar-refractivity contribution in [3.8, 4) is 0 Å². The summed E-state index contributed by atoms with van der Waals surface area (Å²) in [5.41, 5.74) is 3.26. The van der Waals surface area contributed by atoms with Crippen LogP contribution in [0.3, 0.4) is 0 Å². The number of ether oxygens (including phenoxy) is 6. The van der Waals surface area contributed by atoms with E-state index in [-0.39, 0.29) is 63.4 Å². The summed E-state index contributed by atoms with van der Waals surface area (Å²) >= 11 is 6.20. The van der Waals surface area contributed by atoms with Crippen LogP contribution in [-0.4, -0.2) is 305 Å². The maximum absolute atomic E-state index is 16.3. The van der Waals surface area contributed by atoms with Crippen molar-refractivity contribution < 1.29 is 147 Å². The van der Waals surface area contributed by atoms with E-state index in [9.17, 15) is 61.6 Å². The fourth-order valence-electron chi connectivity index (χ4n) is 18.4. The highest BCUT2D eigenvalue weighted by molar-refractivity contribution is 7.81. The highest BCUT2D eigenvalue weighted by Gasteiger charge is 2.59. The standard InChI is InChI=1S/C25H23B2F2N7O10P2.C25H24B2FN7O11P2.C23H22B2ClFN6O10P2/c26-47(39)42-8-14-21(18(29)25(44-14)36-9-31-19-12(36)5-32-34-23(19)38)46-48(27,40)41-7-13-20(45-47)17(28)24(43-13)35-6-10-1-2-15(37)33-11-3-4-30-22(35)16(10)11;26-47(39)42-8-14-21(19(37)25(44-14)34-6-10-1-2-15(36)32-11-3-4-29-22(34)16(10)11)46-48(27,40)41-7-13-20(45-47)17(28)24(43-13)35-9-30-18-12(35)5-31-33-23(18)38;1-9-2-12-11(3-10(9)26)28-7-32(12)22-16(27)19-14(40-22)5-38-45(25,37)43-20-15(6-39-44(24,36)42-19)41-23(18(20)34)33-8-29-17-13(33)4-30-31-21(17)35/h3-6,9,13-14,17-18,20-21,24-25H,1-2,7-8H2,(H,33,37)(H,34,38);3-6,9,13-14,17,19-21,24-25,37H,1-2,7-8H2,(H,32,36)(H,33,38);2-4,7-8,14-16,18-20,22-23,34H,5-6H2,1H3,(H,31,35)/t13-,14-,17+,18?,20?,21+,24-,25-,47?,48?;13-,14-,17?,19+,20+,21?,24-,25-,47?,48?;14-,15-,16+,18?,19?,20+,22-,23-,44?,45?/m111/s1. The number of aromatic amines is 3. The van der Waals surface area contributed by atoms with Crippen LogP contribution in [0.25, 0.3) is 66.2 Å². The Morgan fingerprint density at radius 2 is 0.681 bits per heavy atom. The van der Waals surface area contributed by atoms with Crippen LogP contribution >= 0.6 is 56.4 Å². The van der Waals surface area contributed by atoms with Crippen molar-refractivity contribution in [3.05, 3.63) is 146 Å². The summed E-state index contributed by atoms with van der Waals surface area (Å²) in [6.07, 6.45) is -21.9. The van der Waals surface area contributed by atoms with Crippen LogP contribution in [0, 0.1) is 6.92 Å². The molecular formula is C73H69B6ClF4N20O31P6. The van der Waals surface area contributed by atoms with E-state index in [2.05, 4.69) is 71.1 Å². The lowest BCUT2D eigenvalue weighted by atomic mass is 10.1. The molecule has 12 radical (unpaired) electrons. The number of anilines is 2. The number of nitrogens with one attached hydrogen (secondary N) is 5. The van der Waals surface area contributed by atoms with E-state index < -0.39 is 249 Å². The molecule has 141 heavy (non-hydrogen) atoms. The third-order valence-electron chi connectivity index (χ3n) is 24.9.